The highest BCUT2D eigenvalue weighted by Crippen LogP contribution is 2.25. The van der Waals surface area contributed by atoms with Gasteiger partial charge in [0.15, 0.2) is 10.3 Å². The summed E-state index contributed by atoms with van der Waals surface area (Å²) < 4.78 is 6.57. The van der Waals surface area contributed by atoms with E-state index in [-0.39, 0.29) is 17.2 Å². The Kier molecular flexibility index (Phi) is 3.65. The molecule has 0 aliphatic heterocycles. The van der Waals surface area contributed by atoms with Crippen LogP contribution in [0.5, 0.6) is 0 Å². The number of hydrogen-bond acceptors (Lipinski definition) is 2. The summed E-state index contributed by atoms with van der Waals surface area (Å²) in [4.78, 5) is 3.75. The third-order valence-corrected chi connectivity index (χ3v) is 2.28. The van der Waals surface area contributed by atoms with Gasteiger partial charge in [0.2, 0.25) is 5.28 Å². The van der Waals surface area contributed by atoms with Crippen molar-refractivity contribution in [2.24, 2.45) is 0 Å². The molecule has 0 atom stereocenters. The van der Waals surface area contributed by atoms with Crippen LogP contribution in [0, 0.1) is 0 Å². The second-order valence-corrected chi connectivity index (χ2v) is 3.07. The minimum atomic E-state index is 0.196. The predicted octanol–water partition coefficient (Wildman–Crippen LogP) is 2.84. The van der Waals surface area contributed by atoms with Crippen LogP contribution >= 0.6 is 34.8 Å². The van der Waals surface area contributed by atoms with Crippen molar-refractivity contribution in [2.75, 3.05) is 6.61 Å². The molecular formula is C6H7Cl3N2O. The third kappa shape index (κ3) is 2.04. The van der Waals surface area contributed by atoms with E-state index in [9.17, 15) is 0 Å². The Bertz CT molecular complexity index is 274. The fourth-order valence-electron chi connectivity index (χ4n) is 0.672. The molecule has 0 aliphatic carbocycles. The minimum Gasteiger partial charge on any atom is -0.361 e. The first-order chi connectivity index (χ1) is 5.66. The molecule has 0 aliphatic rings. The SMILES string of the molecule is CCOCn1c(Cl)nc(Cl)c1Cl. The van der Waals surface area contributed by atoms with Gasteiger partial charge in [-0.15, -0.1) is 0 Å². The molecule has 68 valence electrons. The molecule has 0 saturated heterocycles. The molecule has 1 rings (SSSR count). The number of aromatic nitrogens is 2. The molecular weight excluding hydrogens is 222 g/mol. The zero-order valence-corrected chi connectivity index (χ0v) is 8.62. The van der Waals surface area contributed by atoms with E-state index in [1.807, 2.05) is 6.92 Å². The molecule has 6 heteroatoms. The van der Waals surface area contributed by atoms with Gasteiger partial charge in [0, 0.05) is 6.61 Å². The van der Waals surface area contributed by atoms with E-state index in [0.717, 1.165) is 0 Å². The quantitative estimate of drug-likeness (QED) is 0.797. The molecule has 0 N–H and O–H groups in total. The van der Waals surface area contributed by atoms with Crippen LogP contribution in [-0.4, -0.2) is 16.2 Å². The number of hydrogen-bond donors (Lipinski definition) is 0. The molecule has 0 saturated carbocycles. The number of ether oxygens (including phenoxy) is 1. The molecule has 12 heavy (non-hydrogen) atoms. The van der Waals surface area contributed by atoms with E-state index < -0.39 is 0 Å². The first-order valence-electron chi connectivity index (χ1n) is 3.31. The zero-order chi connectivity index (χ0) is 9.14. The zero-order valence-electron chi connectivity index (χ0n) is 6.35. The summed E-state index contributed by atoms with van der Waals surface area (Å²) in [6.07, 6.45) is 0. The maximum atomic E-state index is 5.75. The predicted molar refractivity (Wildman–Crippen MR) is 48.9 cm³/mol. The van der Waals surface area contributed by atoms with E-state index in [1.54, 1.807) is 0 Å². The topological polar surface area (TPSA) is 27.1 Å². The average Bonchev–Trinajstić information content (AvgIpc) is 2.25. The van der Waals surface area contributed by atoms with Crippen LogP contribution in [0.3, 0.4) is 0 Å². The van der Waals surface area contributed by atoms with E-state index in [4.69, 9.17) is 39.5 Å². The van der Waals surface area contributed by atoms with Crippen molar-refractivity contribution in [3.8, 4) is 0 Å². The van der Waals surface area contributed by atoms with Crippen LogP contribution in [0.1, 0.15) is 6.92 Å². The highest BCUT2D eigenvalue weighted by molar-refractivity contribution is 6.41. The Labute approximate surface area is 85.2 Å². The Morgan fingerprint density at radius 1 is 1.42 bits per heavy atom. The van der Waals surface area contributed by atoms with Crippen LogP contribution in [0.4, 0.5) is 0 Å². The normalized spacial score (nSPS) is 10.7. The smallest absolute Gasteiger partial charge is 0.207 e. The molecule has 3 nitrogen and oxygen atoms in total. The first-order valence-corrected chi connectivity index (χ1v) is 4.45. The van der Waals surface area contributed by atoms with Crippen molar-refractivity contribution in [2.45, 2.75) is 13.7 Å². The summed E-state index contributed by atoms with van der Waals surface area (Å²) in [7, 11) is 0. The van der Waals surface area contributed by atoms with Crippen LogP contribution in [-0.2, 0) is 11.5 Å². The molecule has 0 spiro atoms. The van der Waals surface area contributed by atoms with Gasteiger partial charge in [0.05, 0.1) is 0 Å². The van der Waals surface area contributed by atoms with Crippen molar-refractivity contribution in [3.63, 3.8) is 0 Å². The first kappa shape index (κ1) is 10.1. The monoisotopic (exact) mass is 228 g/mol. The Hall–Kier alpha value is 0.0400. The van der Waals surface area contributed by atoms with Crippen molar-refractivity contribution >= 4 is 34.8 Å². The van der Waals surface area contributed by atoms with Crippen LogP contribution in [0.25, 0.3) is 0 Å². The summed E-state index contributed by atoms with van der Waals surface area (Å²) in [6, 6.07) is 0. The molecule has 0 amide bonds. The van der Waals surface area contributed by atoms with Gasteiger partial charge < -0.3 is 4.74 Å². The lowest BCUT2D eigenvalue weighted by Crippen LogP contribution is -2.02. The Balaban J connectivity index is 2.82. The second kappa shape index (κ2) is 4.33. The Morgan fingerprint density at radius 3 is 2.50 bits per heavy atom. The standard InChI is InChI=1S/C6H7Cl3N2O/c1-2-12-3-11-5(8)4(7)10-6(11)9/h2-3H2,1H3. The maximum absolute atomic E-state index is 5.75. The molecule has 1 heterocycles. The van der Waals surface area contributed by atoms with Gasteiger partial charge in [0.1, 0.15) is 6.73 Å². The average molecular weight is 229 g/mol. The van der Waals surface area contributed by atoms with Gasteiger partial charge >= 0.3 is 0 Å². The molecule has 1 aromatic heterocycles. The Morgan fingerprint density at radius 2 is 2.08 bits per heavy atom. The third-order valence-electron chi connectivity index (χ3n) is 1.24. The van der Waals surface area contributed by atoms with Crippen molar-refractivity contribution in [1.82, 2.24) is 9.55 Å². The lowest BCUT2D eigenvalue weighted by molar-refractivity contribution is 0.0881. The number of imidazole rings is 1. The summed E-state index contributed by atoms with van der Waals surface area (Å²) in [5, 5.41) is 0.731. The molecule has 0 aromatic carbocycles. The summed E-state index contributed by atoms with van der Waals surface area (Å²) in [5.41, 5.74) is 0. The fourth-order valence-corrected chi connectivity index (χ4v) is 1.33. The molecule has 0 bridgehead atoms. The van der Waals surface area contributed by atoms with Crippen LogP contribution < -0.4 is 0 Å². The fraction of sp³-hybridized carbons (Fsp3) is 0.500. The lowest BCUT2D eigenvalue weighted by atomic mass is 10.8. The van der Waals surface area contributed by atoms with Crippen molar-refractivity contribution < 1.29 is 4.74 Å². The summed E-state index contributed by atoms with van der Waals surface area (Å²) >= 11 is 17.1. The van der Waals surface area contributed by atoms with Crippen molar-refractivity contribution in [3.05, 3.63) is 15.6 Å². The largest absolute Gasteiger partial charge is 0.361 e. The molecule has 0 radical (unpaired) electrons. The maximum Gasteiger partial charge on any atom is 0.207 e. The summed E-state index contributed by atoms with van der Waals surface area (Å²) in [5.74, 6) is 0. The number of halogens is 3. The molecule has 1 aromatic rings. The lowest BCUT2D eigenvalue weighted by Gasteiger charge is -2.03. The van der Waals surface area contributed by atoms with Crippen LogP contribution in [0.2, 0.25) is 15.6 Å². The molecule has 0 fully saturated rings. The van der Waals surface area contributed by atoms with Gasteiger partial charge in [-0.3, -0.25) is 4.57 Å². The van der Waals surface area contributed by atoms with Crippen LogP contribution in [0.15, 0.2) is 0 Å². The van der Waals surface area contributed by atoms with Gasteiger partial charge in [-0.1, -0.05) is 23.2 Å². The van der Waals surface area contributed by atoms with E-state index in [1.165, 1.54) is 4.57 Å². The van der Waals surface area contributed by atoms with E-state index in [0.29, 0.717) is 11.8 Å². The van der Waals surface area contributed by atoms with Gasteiger partial charge in [-0.25, -0.2) is 4.98 Å². The van der Waals surface area contributed by atoms with Gasteiger partial charge in [-0.2, -0.15) is 0 Å². The van der Waals surface area contributed by atoms with Crippen molar-refractivity contribution in [1.29, 1.82) is 0 Å². The number of rotatable bonds is 3. The van der Waals surface area contributed by atoms with E-state index in [2.05, 4.69) is 4.98 Å². The minimum absolute atomic E-state index is 0.196. The highest BCUT2D eigenvalue weighted by Gasteiger charge is 2.11. The second-order valence-electron chi connectivity index (χ2n) is 2.01. The highest BCUT2D eigenvalue weighted by atomic mass is 35.5. The van der Waals surface area contributed by atoms with E-state index >= 15 is 0 Å². The number of nitrogens with zero attached hydrogens (tertiary/aromatic N) is 2. The van der Waals surface area contributed by atoms with Gasteiger partial charge in [0.25, 0.3) is 0 Å². The molecule has 0 unspecified atom stereocenters. The summed E-state index contributed by atoms with van der Waals surface area (Å²) in [6.45, 7) is 2.73. The van der Waals surface area contributed by atoms with Gasteiger partial charge in [-0.05, 0) is 18.5 Å².